The summed E-state index contributed by atoms with van der Waals surface area (Å²) in [4.78, 5) is 19.3. The molecule has 5 nitrogen and oxygen atoms in total. The highest BCUT2D eigenvalue weighted by molar-refractivity contribution is 5.77. The third-order valence-corrected chi connectivity index (χ3v) is 4.87. The van der Waals surface area contributed by atoms with Crippen LogP contribution in [0.15, 0.2) is 24.3 Å². The number of aromatic nitrogens is 2. The van der Waals surface area contributed by atoms with E-state index in [1.54, 1.807) is 0 Å². The van der Waals surface area contributed by atoms with E-state index in [2.05, 4.69) is 36.6 Å². The fraction of sp³-hybridized carbons (Fsp3) is 0.579. The van der Waals surface area contributed by atoms with Crippen molar-refractivity contribution in [1.29, 1.82) is 0 Å². The van der Waals surface area contributed by atoms with E-state index in [-0.39, 0.29) is 5.91 Å². The minimum Gasteiger partial charge on any atom is -0.342 e. The molecule has 24 heavy (non-hydrogen) atoms. The third-order valence-electron chi connectivity index (χ3n) is 4.87. The molecule has 1 aromatic heterocycles. The van der Waals surface area contributed by atoms with Crippen LogP contribution >= 0.6 is 0 Å². The van der Waals surface area contributed by atoms with Crippen LogP contribution in [0.5, 0.6) is 0 Å². The third kappa shape index (κ3) is 3.31. The van der Waals surface area contributed by atoms with Gasteiger partial charge in [-0.15, -0.1) is 0 Å². The number of imidazole rings is 1. The van der Waals surface area contributed by atoms with Crippen molar-refractivity contribution in [1.82, 2.24) is 14.5 Å². The second-order valence-electron chi connectivity index (χ2n) is 6.99. The average Bonchev–Trinajstić information content (AvgIpc) is 2.99. The lowest BCUT2D eigenvalue weighted by Crippen LogP contribution is -2.40. The molecule has 5 heteroatoms. The standard InChI is InChI=1S/C19H28N4O/c1-14(2)23-17-9-4-3-8-16(17)21-19(23)15-7-6-12-22(13-15)18(24)10-5-11-20/h3-4,8-9,14-15H,5-7,10-13,20H2,1-2H3. The molecule has 3 rings (SSSR count). The number of benzene rings is 1. The van der Waals surface area contributed by atoms with Gasteiger partial charge in [-0.3, -0.25) is 4.79 Å². The lowest BCUT2D eigenvalue weighted by molar-refractivity contribution is -0.132. The van der Waals surface area contributed by atoms with Crippen LogP contribution in [0.3, 0.4) is 0 Å². The molecule has 2 aromatic rings. The molecule has 1 atom stereocenters. The highest BCUT2D eigenvalue weighted by atomic mass is 16.2. The molecule has 1 aliphatic rings. The number of nitrogens with two attached hydrogens (primary N) is 1. The Morgan fingerprint density at radius 2 is 2.17 bits per heavy atom. The number of rotatable bonds is 5. The number of carbonyl (C=O) groups is 1. The number of hydrogen-bond acceptors (Lipinski definition) is 3. The predicted molar refractivity (Wildman–Crippen MR) is 97.0 cm³/mol. The summed E-state index contributed by atoms with van der Waals surface area (Å²) in [6.45, 7) is 6.61. The summed E-state index contributed by atoms with van der Waals surface area (Å²) in [5, 5.41) is 0. The first-order valence-corrected chi connectivity index (χ1v) is 9.06. The minimum atomic E-state index is 0.234. The van der Waals surface area contributed by atoms with E-state index in [0.29, 0.717) is 24.9 Å². The van der Waals surface area contributed by atoms with E-state index in [9.17, 15) is 4.79 Å². The molecule has 0 bridgehead atoms. The number of amides is 1. The first-order valence-electron chi connectivity index (χ1n) is 9.06. The van der Waals surface area contributed by atoms with Crippen LogP contribution in [0.1, 0.15) is 57.3 Å². The Morgan fingerprint density at radius 1 is 1.38 bits per heavy atom. The van der Waals surface area contributed by atoms with Crippen LogP contribution < -0.4 is 5.73 Å². The summed E-state index contributed by atoms with van der Waals surface area (Å²) in [7, 11) is 0. The van der Waals surface area contributed by atoms with Gasteiger partial charge in [-0.25, -0.2) is 4.98 Å². The largest absolute Gasteiger partial charge is 0.342 e. The van der Waals surface area contributed by atoms with Crippen molar-refractivity contribution >= 4 is 16.9 Å². The number of carbonyl (C=O) groups excluding carboxylic acids is 1. The molecule has 2 N–H and O–H groups in total. The molecule has 1 saturated heterocycles. The molecule has 1 aromatic carbocycles. The maximum Gasteiger partial charge on any atom is 0.222 e. The zero-order valence-corrected chi connectivity index (χ0v) is 14.7. The number of nitrogens with zero attached hydrogens (tertiary/aromatic N) is 3. The van der Waals surface area contributed by atoms with Gasteiger partial charge < -0.3 is 15.2 Å². The lowest BCUT2D eigenvalue weighted by atomic mass is 9.96. The van der Waals surface area contributed by atoms with E-state index in [1.807, 2.05) is 11.0 Å². The molecule has 2 heterocycles. The Balaban J connectivity index is 1.87. The highest BCUT2D eigenvalue weighted by Crippen LogP contribution is 2.31. The number of fused-ring (bicyclic) bond motifs is 1. The topological polar surface area (TPSA) is 64.2 Å². The summed E-state index contributed by atoms with van der Waals surface area (Å²) in [5.41, 5.74) is 7.77. The van der Waals surface area contributed by atoms with Gasteiger partial charge in [-0.1, -0.05) is 12.1 Å². The van der Waals surface area contributed by atoms with Gasteiger partial charge in [-0.2, -0.15) is 0 Å². The summed E-state index contributed by atoms with van der Waals surface area (Å²) in [6, 6.07) is 8.67. The fourth-order valence-electron chi connectivity index (χ4n) is 3.72. The normalized spacial score (nSPS) is 18.5. The smallest absolute Gasteiger partial charge is 0.222 e. The van der Waals surface area contributed by atoms with Crippen LogP contribution in [0.2, 0.25) is 0 Å². The van der Waals surface area contributed by atoms with E-state index in [1.165, 1.54) is 5.52 Å². The van der Waals surface area contributed by atoms with Crippen LogP contribution in [0.25, 0.3) is 11.0 Å². The van der Waals surface area contributed by atoms with Crippen molar-refractivity contribution in [2.24, 2.45) is 5.73 Å². The van der Waals surface area contributed by atoms with Crippen molar-refractivity contribution < 1.29 is 4.79 Å². The Morgan fingerprint density at radius 3 is 2.92 bits per heavy atom. The van der Waals surface area contributed by atoms with Crippen molar-refractivity contribution in [2.75, 3.05) is 19.6 Å². The van der Waals surface area contributed by atoms with E-state index in [4.69, 9.17) is 10.7 Å². The van der Waals surface area contributed by atoms with Crippen molar-refractivity contribution in [3.63, 3.8) is 0 Å². The number of para-hydroxylation sites is 2. The molecule has 130 valence electrons. The predicted octanol–water partition coefficient (Wildman–Crippen LogP) is 3.06. The SMILES string of the molecule is CC(C)n1c(C2CCCN(C(=O)CCCN)C2)nc2ccccc21. The Kier molecular flexibility index (Phi) is 5.19. The molecule has 1 aliphatic heterocycles. The van der Waals surface area contributed by atoms with Gasteiger partial charge in [0, 0.05) is 31.5 Å². The van der Waals surface area contributed by atoms with Crippen LogP contribution in [0.4, 0.5) is 0 Å². The average molecular weight is 328 g/mol. The van der Waals surface area contributed by atoms with Gasteiger partial charge in [0.2, 0.25) is 5.91 Å². The van der Waals surface area contributed by atoms with E-state index >= 15 is 0 Å². The van der Waals surface area contributed by atoms with Gasteiger partial charge in [0.25, 0.3) is 0 Å². The molecule has 1 unspecified atom stereocenters. The molecule has 0 saturated carbocycles. The first-order chi connectivity index (χ1) is 11.6. The van der Waals surface area contributed by atoms with Gasteiger partial charge in [0.05, 0.1) is 11.0 Å². The quantitative estimate of drug-likeness (QED) is 0.917. The van der Waals surface area contributed by atoms with Crippen LogP contribution in [-0.4, -0.2) is 40.0 Å². The Hall–Kier alpha value is -1.88. The number of hydrogen-bond donors (Lipinski definition) is 1. The molecular formula is C19H28N4O. The van der Waals surface area contributed by atoms with Gasteiger partial charge >= 0.3 is 0 Å². The van der Waals surface area contributed by atoms with Crippen molar-refractivity contribution in [3.8, 4) is 0 Å². The van der Waals surface area contributed by atoms with E-state index in [0.717, 1.165) is 43.7 Å². The van der Waals surface area contributed by atoms with Gasteiger partial charge in [0.15, 0.2) is 0 Å². The molecule has 0 aliphatic carbocycles. The minimum absolute atomic E-state index is 0.234. The lowest BCUT2D eigenvalue weighted by Gasteiger charge is -2.33. The summed E-state index contributed by atoms with van der Waals surface area (Å²) in [5.74, 6) is 1.68. The number of likely N-dealkylation sites (tertiary alicyclic amines) is 1. The van der Waals surface area contributed by atoms with Gasteiger partial charge in [0.1, 0.15) is 5.82 Å². The van der Waals surface area contributed by atoms with Crippen molar-refractivity contribution in [2.45, 2.75) is 51.5 Å². The monoisotopic (exact) mass is 328 g/mol. The summed E-state index contributed by atoms with van der Waals surface area (Å²) >= 11 is 0. The summed E-state index contributed by atoms with van der Waals surface area (Å²) < 4.78 is 2.34. The molecular weight excluding hydrogens is 300 g/mol. The molecule has 1 fully saturated rings. The van der Waals surface area contributed by atoms with E-state index < -0.39 is 0 Å². The van der Waals surface area contributed by atoms with Crippen molar-refractivity contribution in [3.05, 3.63) is 30.1 Å². The molecule has 0 spiro atoms. The number of piperidine rings is 1. The first kappa shape index (κ1) is 17.0. The Labute approximate surface area is 143 Å². The van der Waals surface area contributed by atoms with Gasteiger partial charge in [-0.05, 0) is 51.8 Å². The summed E-state index contributed by atoms with van der Waals surface area (Å²) in [6.07, 6.45) is 3.46. The van der Waals surface area contributed by atoms with Crippen LogP contribution in [0, 0.1) is 0 Å². The highest BCUT2D eigenvalue weighted by Gasteiger charge is 2.28. The van der Waals surface area contributed by atoms with Crippen LogP contribution in [-0.2, 0) is 4.79 Å². The maximum absolute atomic E-state index is 12.4. The zero-order valence-electron chi connectivity index (χ0n) is 14.7. The second kappa shape index (κ2) is 7.34. The molecule has 1 amide bonds. The fourth-order valence-corrected chi connectivity index (χ4v) is 3.72. The maximum atomic E-state index is 12.4. The zero-order chi connectivity index (χ0) is 17.1. The molecule has 0 radical (unpaired) electrons. The Bertz CT molecular complexity index is 706. The second-order valence-corrected chi connectivity index (χ2v) is 6.99.